The van der Waals surface area contributed by atoms with Crippen LogP contribution < -0.4 is 11.2 Å². The van der Waals surface area contributed by atoms with Crippen LogP contribution in [0.25, 0.3) is 22.6 Å². The van der Waals surface area contributed by atoms with Crippen LogP contribution in [0.5, 0.6) is 0 Å². The van der Waals surface area contributed by atoms with Gasteiger partial charge in [0, 0.05) is 12.6 Å². The zero-order chi connectivity index (χ0) is 16.8. The van der Waals surface area contributed by atoms with E-state index < -0.39 is 27.2 Å². The average Bonchev–Trinajstić information content (AvgIpc) is 2.95. The average molecular weight is 336 g/mol. The van der Waals surface area contributed by atoms with Crippen molar-refractivity contribution in [1.29, 1.82) is 0 Å². The molecule has 2 N–H and O–H groups in total. The quantitative estimate of drug-likeness (QED) is 0.645. The predicted octanol–water partition coefficient (Wildman–Crippen LogP) is -0.0644. The van der Waals surface area contributed by atoms with E-state index in [-0.39, 0.29) is 11.2 Å². The Hall–Kier alpha value is -2.72. The predicted molar refractivity (Wildman–Crippen MR) is 82.6 cm³/mol. The summed E-state index contributed by atoms with van der Waals surface area (Å²) < 4.78 is 32.8. The number of fused-ring (bicyclic) bond motifs is 1. The molecule has 0 aliphatic heterocycles. The number of aromatic nitrogens is 4. The highest BCUT2D eigenvalue weighted by Gasteiger charge is 2.19. The van der Waals surface area contributed by atoms with Gasteiger partial charge in [-0.15, -0.1) is 0 Å². The van der Waals surface area contributed by atoms with Crippen molar-refractivity contribution in [3.63, 3.8) is 0 Å². The van der Waals surface area contributed by atoms with Gasteiger partial charge in [0.15, 0.2) is 11.5 Å². The molecule has 23 heavy (non-hydrogen) atoms. The van der Waals surface area contributed by atoms with Gasteiger partial charge < -0.3 is 4.98 Å². The van der Waals surface area contributed by atoms with Crippen LogP contribution in [0.15, 0.2) is 39.9 Å². The lowest BCUT2D eigenvalue weighted by molar-refractivity contribution is 0.469. The number of hydrogen-bond donors (Lipinski definition) is 2. The maximum Gasteiger partial charge on any atom is 0.333 e. The number of rotatable bonds is 3. The van der Waals surface area contributed by atoms with Crippen molar-refractivity contribution >= 4 is 21.3 Å². The van der Waals surface area contributed by atoms with Gasteiger partial charge in [-0.3, -0.25) is 18.5 Å². The Morgan fingerprint density at radius 1 is 1.22 bits per heavy atom. The molecule has 120 valence electrons. The molecule has 3 rings (SSSR count). The van der Waals surface area contributed by atoms with E-state index in [0.717, 1.165) is 9.13 Å². The second kappa shape index (κ2) is 5.18. The minimum Gasteiger partial charge on any atom is -0.332 e. The second-order valence-corrected chi connectivity index (χ2v) is 6.36. The summed E-state index contributed by atoms with van der Waals surface area (Å²) in [5.41, 5.74) is -1.00. The van der Waals surface area contributed by atoms with Crippen molar-refractivity contribution in [3.8, 4) is 11.4 Å². The standard InChI is InChI=1S/C13H12N4O5S/c1-16-12(18)9-11(17(13(16)19)7-23(20,21)22)15-10(14-9)8-5-3-2-4-6-8/h2-6H,7H2,1H3,(H,14,15)(H,20,21,22). The highest BCUT2D eigenvalue weighted by molar-refractivity contribution is 7.84. The van der Waals surface area contributed by atoms with E-state index in [0.29, 0.717) is 11.4 Å². The molecule has 0 fully saturated rings. The molecule has 0 bridgehead atoms. The van der Waals surface area contributed by atoms with Crippen LogP contribution in [0.4, 0.5) is 0 Å². The summed E-state index contributed by atoms with van der Waals surface area (Å²) in [6.07, 6.45) is 0. The number of aromatic amines is 1. The monoisotopic (exact) mass is 336 g/mol. The molecular weight excluding hydrogens is 324 g/mol. The summed E-state index contributed by atoms with van der Waals surface area (Å²) in [4.78, 5) is 31.2. The fourth-order valence-corrected chi connectivity index (χ4v) is 2.81. The first-order valence-corrected chi connectivity index (χ1v) is 8.09. The lowest BCUT2D eigenvalue weighted by Gasteiger charge is -2.06. The molecule has 2 aromatic heterocycles. The summed E-state index contributed by atoms with van der Waals surface area (Å²) in [7, 11) is -3.27. The van der Waals surface area contributed by atoms with E-state index in [4.69, 9.17) is 4.55 Å². The van der Waals surface area contributed by atoms with E-state index in [1.165, 1.54) is 7.05 Å². The van der Waals surface area contributed by atoms with Gasteiger partial charge in [-0.25, -0.2) is 9.78 Å². The molecule has 10 heteroatoms. The number of nitrogens with one attached hydrogen (secondary N) is 1. The summed E-state index contributed by atoms with van der Waals surface area (Å²) in [5.74, 6) is -0.678. The van der Waals surface area contributed by atoms with E-state index in [9.17, 15) is 18.0 Å². The van der Waals surface area contributed by atoms with Crippen LogP contribution >= 0.6 is 0 Å². The van der Waals surface area contributed by atoms with Gasteiger partial charge in [0.05, 0.1) is 0 Å². The Balaban J connectivity index is 2.37. The Labute approximate surface area is 129 Å². The number of H-pyrrole nitrogens is 1. The van der Waals surface area contributed by atoms with Gasteiger partial charge in [0.1, 0.15) is 11.3 Å². The molecule has 0 spiro atoms. The third-order valence-electron chi connectivity index (χ3n) is 3.32. The van der Waals surface area contributed by atoms with Crippen molar-refractivity contribution in [2.75, 3.05) is 0 Å². The fourth-order valence-electron chi connectivity index (χ4n) is 2.25. The van der Waals surface area contributed by atoms with Crippen LogP contribution in [-0.2, 0) is 23.0 Å². The van der Waals surface area contributed by atoms with Crippen LogP contribution in [0.2, 0.25) is 0 Å². The Morgan fingerprint density at radius 3 is 2.48 bits per heavy atom. The molecular formula is C13H12N4O5S. The molecule has 0 saturated heterocycles. The molecule has 9 nitrogen and oxygen atoms in total. The molecule has 0 radical (unpaired) electrons. The lowest BCUT2D eigenvalue weighted by atomic mass is 10.2. The third-order valence-corrected chi connectivity index (χ3v) is 3.90. The smallest absolute Gasteiger partial charge is 0.332 e. The highest BCUT2D eigenvalue weighted by Crippen LogP contribution is 2.17. The first-order chi connectivity index (χ1) is 10.8. The SMILES string of the molecule is Cn1c(=O)c2[nH]c(-c3ccccc3)nc2n(CS(=O)(=O)O)c1=O. The first kappa shape index (κ1) is 15.2. The van der Waals surface area contributed by atoms with E-state index in [1.807, 2.05) is 0 Å². The largest absolute Gasteiger partial charge is 0.333 e. The molecule has 0 saturated carbocycles. The topological polar surface area (TPSA) is 127 Å². The number of benzene rings is 1. The Morgan fingerprint density at radius 2 is 1.87 bits per heavy atom. The molecule has 1 aromatic carbocycles. The van der Waals surface area contributed by atoms with Crippen LogP contribution in [0.3, 0.4) is 0 Å². The van der Waals surface area contributed by atoms with Crippen molar-refractivity contribution in [2.45, 2.75) is 5.88 Å². The summed E-state index contributed by atoms with van der Waals surface area (Å²) in [5, 5.41) is 0. The Bertz CT molecular complexity index is 1110. The number of nitrogens with zero attached hydrogens (tertiary/aromatic N) is 3. The second-order valence-electron chi connectivity index (χ2n) is 4.94. The maximum atomic E-state index is 12.2. The normalized spacial score (nSPS) is 11.9. The van der Waals surface area contributed by atoms with Crippen molar-refractivity contribution < 1.29 is 13.0 Å². The fraction of sp³-hybridized carbons (Fsp3) is 0.154. The Kier molecular flexibility index (Phi) is 3.42. The van der Waals surface area contributed by atoms with Gasteiger partial charge in [-0.2, -0.15) is 8.42 Å². The van der Waals surface area contributed by atoms with Crippen molar-refractivity contribution in [1.82, 2.24) is 19.1 Å². The highest BCUT2D eigenvalue weighted by atomic mass is 32.2. The summed E-state index contributed by atoms with van der Waals surface area (Å²) >= 11 is 0. The molecule has 0 amide bonds. The minimum absolute atomic E-state index is 0.0189. The van der Waals surface area contributed by atoms with Crippen LogP contribution in [0, 0.1) is 0 Å². The lowest BCUT2D eigenvalue weighted by Crippen LogP contribution is -2.39. The zero-order valence-electron chi connectivity index (χ0n) is 11.9. The van der Waals surface area contributed by atoms with Crippen molar-refractivity contribution in [2.24, 2.45) is 7.05 Å². The van der Waals surface area contributed by atoms with E-state index >= 15 is 0 Å². The number of hydrogen-bond acceptors (Lipinski definition) is 5. The third kappa shape index (κ3) is 2.69. The first-order valence-electron chi connectivity index (χ1n) is 6.48. The maximum absolute atomic E-state index is 12.2. The van der Waals surface area contributed by atoms with Gasteiger partial charge in [0.2, 0.25) is 0 Å². The van der Waals surface area contributed by atoms with Gasteiger partial charge in [0.25, 0.3) is 15.7 Å². The van der Waals surface area contributed by atoms with E-state index in [2.05, 4.69) is 9.97 Å². The van der Waals surface area contributed by atoms with E-state index in [1.54, 1.807) is 30.3 Å². The van der Waals surface area contributed by atoms with Gasteiger partial charge in [-0.1, -0.05) is 30.3 Å². The molecule has 3 aromatic rings. The summed E-state index contributed by atoms with van der Waals surface area (Å²) in [6, 6.07) is 8.83. The zero-order valence-corrected chi connectivity index (χ0v) is 12.7. The molecule has 0 unspecified atom stereocenters. The van der Waals surface area contributed by atoms with Crippen LogP contribution in [-0.4, -0.2) is 32.1 Å². The molecule has 0 aliphatic rings. The van der Waals surface area contributed by atoms with Gasteiger partial charge in [-0.05, 0) is 0 Å². The minimum atomic E-state index is -4.48. The van der Waals surface area contributed by atoms with Crippen LogP contribution in [0.1, 0.15) is 0 Å². The molecule has 0 aliphatic carbocycles. The van der Waals surface area contributed by atoms with Crippen molar-refractivity contribution in [3.05, 3.63) is 51.2 Å². The molecule has 2 heterocycles. The number of imidazole rings is 1. The summed E-state index contributed by atoms with van der Waals surface area (Å²) in [6.45, 7) is 0. The van der Waals surface area contributed by atoms with Gasteiger partial charge >= 0.3 is 5.69 Å². The molecule has 0 atom stereocenters.